The van der Waals surface area contributed by atoms with Crippen molar-refractivity contribution in [1.82, 2.24) is 24.6 Å². The van der Waals surface area contributed by atoms with Crippen LogP contribution in [0.15, 0.2) is 27.8 Å². The van der Waals surface area contributed by atoms with Gasteiger partial charge in [-0.3, -0.25) is 14.1 Å². The van der Waals surface area contributed by atoms with Crippen molar-refractivity contribution in [3.8, 4) is 11.6 Å². The highest BCUT2D eigenvalue weighted by Crippen LogP contribution is 2.19. The third kappa shape index (κ3) is 3.79. The van der Waals surface area contributed by atoms with E-state index in [1.165, 1.54) is 12.4 Å². The lowest BCUT2D eigenvalue weighted by molar-refractivity contribution is -0.151. The predicted molar refractivity (Wildman–Crippen MR) is 87.7 cm³/mol. The van der Waals surface area contributed by atoms with Crippen LogP contribution in [0.5, 0.6) is 0 Å². The van der Waals surface area contributed by atoms with E-state index in [1.54, 1.807) is 17.9 Å². The van der Waals surface area contributed by atoms with E-state index in [0.717, 1.165) is 4.57 Å². The van der Waals surface area contributed by atoms with Crippen molar-refractivity contribution >= 4 is 11.9 Å². The van der Waals surface area contributed by atoms with Gasteiger partial charge in [0.05, 0.1) is 12.5 Å². The molecular formula is C16H19N5O5. The molecule has 1 saturated heterocycles. The van der Waals surface area contributed by atoms with E-state index >= 15 is 0 Å². The summed E-state index contributed by atoms with van der Waals surface area (Å²) in [5.41, 5.74) is 0. The number of carbonyl (C=O) groups is 2. The van der Waals surface area contributed by atoms with Crippen LogP contribution < -0.4 is 5.76 Å². The Morgan fingerprint density at radius 3 is 2.85 bits per heavy atom. The van der Waals surface area contributed by atoms with Gasteiger partial charge in [-0.1, -0.05) is 5.16 Å². The van der Waals surface area contributed by atoms with Crippen LogP contribution in [0.4, 0.5) is 0 Å². The van der Waals surface area contributed by atoms with Crippen molar-refractivity contribution in [1.29, 1.82) is 0 Å². The van der Waals surface area contributed by atoms with E-state index in [9.17, 15) is 14.4 Å². The van der Waals surface area contributed by atoms with Gasteiger partial charge in [-0.15, -0.1) is 0 Å². The lowest BCUT2D eigenvalue weighted by atomic mass is 9.98. The van der Waals surface area contributed by atoms with Gasteiger partial charge in [0.25, 0.3) is 0 Å². The monoisotopic (exact) mass is 361 g/mol. The topological polar surface area (TPSA) is 120 Å². The molecule has 2 aromatic rings. The van der Waals surface area contributed by atoms with Gasteiger partial charge in [-0.25, -0.2) is 19.3 Å². The first-order valence-corrected chi connectivity index (χ1v) is 8.38. The molecule has 2 aromatic heterocycles. The molecule has 0 aromatic carbocycles. The molecule has 1 aliphatic heterocycles. The van der Waals surface area contributed by atoms with Gasteiger partial charge in [0.2, 0.25) is 11.7 Å². The number of amides is 1. The second-order valence-electron chi connectivity index (χ2n) is 5.86. The summed E-state index contributed by atoms with van der Waals surface area (Å²) in [5.74, 6) is -1.44. The van der Waals surface area contributed by atoms with Gasteiger partial charge < -0.3 is 9.64 Å². The average molecular weight is 361 g/mol. The summed E-state index contributed by atoms with van der Waals surface area (Å²) < 4.78 is 10.8. The molecule has 0 bridgehead atoms. The van der Waals surface area contributed by atoms with Gasteiger partial charge in [0.15, 0.2) is 5.82 Å². The first kappa shape index (κ1) is 17.8. The minimum absolute atomic E-state index is 0.0860. The lowest BCUT2D eigenvalue weighted by Crippen LogP contribution is -2.44. The van der Waals surface area contributed by atoms with Crippen molar-refractivity contribution in [2.45, 2.75) is 26.3 Å². The Balaban J connectivity index is 1.73. The minimum atomic E-state index is -0.764. The molecule has 0 spiro atoms. The third-order valence-corrected chi connectivity index (χ3v) is 4.14. The maximum Gasteiger partial charge on any atom is 0.442 e. The zero-order valence-corrected chi connectivity index (χ0v) is 14.3. The molecule has 1 unspecified atom stereocenters. The molecule has 26 heavy (non-hydrogen) atoms. The Labute approximate surface area is 148 Å². The fourth-order valence-electron chi connectivity index (χ4n) is 2.87. The number of piperidine rings is 1. The molecule has 0 aliphatic carbocycles. The van der Waals surface area contributed by atoms with Crippen LogP contribution in [0.1, 0.15) is 19.8 Å². The molecule has 0 saturated carbocycles. The first-order valence-electron chi connectivity index (χ1n) is 8.38. The molecule has 1 fully saturated rings. The Morgan fingerprint density at radius 2 is 2.12 bits per heavy atom. The van der Waals surface area contributed by atoms with Crippen LogP contribution in [0.25, 0.3) is 11.6 Å². The van der Waals surface area contributed by atoms with Crippen LogP contribution in [-0.4, -0.2) is 56.2 Å². The zero-order valence-electron chi connectivity index (χ0n) is 14.3. The quantitative estimate of drug-likeness (QED) is 0.687. The van der Waals surface area contributed by atoms with Crippen LogP contribution in [0.2, 0.25) is 0 Å². The van der Waals surface area contributed by atoms with Crippen molar-refractivity contribution in [2.75, 3.05) is 19.7 Å². The van der Waals surface area contributed by atoms with Crippen LogP contribution in [-0.2, 0) is 20.9 Å². The number of esters is 1. The highest BCUT2D eigenvalue weighted by molar-refractivity contribution is 5.78. The van der Waals surface area contributed by atoms with Gasteiger partial charge in [-0.2, -0.15) is 0 Å². The molecule has 3 rings (SSSR count). The number of nitrogens with zero attached hydrogens (tertiary/aromatic N) is 5. The maximum atomic E-state index is 12.6. The number of ether oxygens (including phenoxy) is 1. The molecule has 3 heterocycles. The summed E-state index contributed by atoms with van der Waals surface area (Å²) >= 11 is 0. The summed E-state index contributed by atoms with van der Waals surface area (Å²) in [4.78, 5) is 46.1. The fraction of sp³-hybridized carbons (Fsp3) is 0.500. The van der Waals surface area contributed by atoms with E-state index in [-0.39, 0.29) is 42.5 Å². The van der Waals surface area contributed by atoms with E-state index in [0.29, 0.717) is 26.0 Å². The standard InChI is InChI=1S/C16H19N5O5/c1-2-25-15(23)11-5-3-8-20(9-11)12(22)10-21-14(19-26-16(21)24)13-17-6-4-7-18-13/h4,6-7,11H,2-3,5,8-10H2,1H3. The van der Waals surface area contributed by atoms with Crippen molar-refractivity contribution in [2.24, 2.45) is 5.92 Å². The second kappa shape index (κ2) is 7.89. The molecule has 10 heteroatoms. The molecule has 138 valence electrons. The number of aromatic nitrogens is 4. The van der Waals surface area contributed by atoms with Gasteiger partial charge in [-0.05, 0) is 25.8 Å². The van der Waals surface area contributed by atoms with Crippen LogP contribution in [0, 0.1) is 5.92 Å². The lowest BCUT2D eigenvalue weighted by Gasteiger charge is -2.31. The Kier molecular flexibility index (Phi) is 5.40. The van der Waals surface area contributed by atoms with Crippen LogP contribution in [0.3, 0.4) is 0 Å². The third-order valence-electron chi connectivity index (χ3n) is 4.14. The van der Waals surface area contributed by atoms with Gasteiger partial charge in [0, 0.05) is 25.5 Å². The predicted octanol–water partition coefficient (Wildman–Crippen LogP) is 0.0950. The molecule has 1 atom stereocenters. The first-order chi connectivity index (χ1) is 12.6. The second-order valence-corrected chi connectivity index (χ2v) is 5.86. The van der Waals surface area contributed by atoms with Crippen molar-refractivity contribution < 1.29 is 18.8 Å². The molecular weight excluding hydrogens is 342 g/mol. The molecule has 1 aliphatic rings. The van der Waals surface area contributed by atoms with E-state index in [2.05, 4.69) is 19.6 Å². The zero-order chi connectivity index (χ0) is 18.5. The van der Waals surface area contributed by atoms with Gasteiger partial charge >= 0.3 is 11.7 Å². The summed E-state index contributed by atoms with van der Waals surface area (Å²) in [7, 11) is 0. The highest BCUT2D eigenvalue weighted by Gasteiger charge is 2.30. The van der Waals surface area contributed by atoms with Crippen LogP contribution >= 0.6 is 0 Å². The van der Waals surface area contributed by atoms with Gasteiger partial charge in [0.1, 0.15) is 6.54 Å². The Morgan fingerprint density at radius 1 is 1.35 bits per heavy atom. The SMILES string of the molecule is CCOC(=O)C1CCCN(C(=O)Cn2c(-c3ncccn3)noc2=O)C1. The summed E-state index contributed by atoms with van der Waals surface area (Å²) in [5, 5.41) is 3.66. The molecule has 0 radical (unpaired) electrons. The Hall–Kier alpha value is -3.04. The number of carbonyl (C=O) groups excluding carboxylic acids is 2. The normalized spacial score (nSPS) is 17.1. The van der Waals surface area contributed by atoms with E-state index in [4.69, 9.17) is 4.74 Å². The minimum Gasteiger partial charge on any atom is -0.466 e. The number of hydrogen-bond donors (Lipinski definition) is 0. The number of likely N-dealkylation sites (tertiary alicyclic amines) is 1. The Bertz CT molecular complexity index is 831. The molecule has 1 amide bonds. The number of hydrogen-bond acceptors (Lipinski definition) is 8. The smallest absolute Gasteiger partial charge is 0.442 e. The summed E-state index contributed by atoms with van der Waals surface area (Å²) in [6.45, 7) is 2.58. The van der Waals surface area contributed by atoms with E-state index < -0.39 is 5.76 Å². The van der Waals surface area contributed by atoms with Crippen molar-refractivity contribution in [3.05, 3.63) is 29.0 Å². The summed E-state index contributed by atoms with van der Waals surface area (Å²) in [6.07, 6.45) is 4.38. The number of rotatable bonds is 5. The largest absolute Gasteiger partial charge is 0.466 e. The fourth-order valence-corrected chi connectivity index (χ4v) is 2.87. The molecule has 0 N–H and O–H groups in total. The summed E-state index contributed by atoms with van der Waals surface area (Å²) in [6, 6.07) is 1.63. The molecule has 10 nitrogen and oxygen atoms in total. The highest BCUT2D eigenvalue weighted by atomic mass is 16.5. The average Bonchev–Trinajstić information content (AvgIpc) is 3.03. The maximum absolute atomic E-state index is 12.6. The van der Waals surface area contributed by atoms with E-state index in [1.807, 2.05) is 0 Å². The van der Waals surface area contributed by atoms with Crippen molar-refractivity contribution in [3.63, 3.8) is 0 Å².